The van der Waals surface area contributed by atoms with Crippen molar-refractivity contribution in [3.8, 4) is 11.5 Å². The van der Waals surface area contributed by atoms with E-state index in [-0.39, 0.29) is 6.01 Å². The van der Waals surface area contributed by atoms with Crippen molar-refractivity contribution in [1.82, 2.24) is 10.2 Å². The Morgan fingerprint density at radius 2 is 1.83 bits per heavy atom. The Morgan fingerprint density at radius 3 is 2.54 bits per heavy atom. The van der Waals surface area contributed by atoms with Gasteiger partial charge in [0.05, 0.1) is 10.6 Å². The van der Waals surface area contributed by atoms with Gasteiger partial charge in [-0.3, -0.25) is 10.1 Å². The van der Waals surface area contributed by atoms with Crippen molar-refractivity contribution in [2.75, 3.05) is 5.32 Å². The van der Waals surface area contributed by atoms with E-state index in [0.29, 0.717) is 16.5 Å². The predicted molar refractivity (Wildman–Crippen MR) is 96.3 cm³/mol. The first-order valence-electron chi connectivity index (χ1n) is 7.11. The Bertz CT molecular complexity index is 904. The van der Waals surface area contributed by atoms with Crippen LogP contribution < -0.4 is 5.32 Å². The van der Waals surface area contributed by atoms with E-state index in [2.05, 4.69) is 37.5 Å². The van der Waals surface area contributed by atoms with Gasteiger partial charge in [0.15, 0.2) is 0 Å². The van der Waals surface area contributed by atoms with Gasteiger partial charge >= 0.3 is 6.01 Å². The maximum absolute atomic E-state index is 12.3. The van der Waals surface area contributed by atoms with Crippen molar-refractivity contribution in [1.29, 1.82) is 0 Å². The van der Waals surface area contributed by atoms with E-state index < -0.39 is 5.91 Å². The van der Waals surface area contributed by atoms with Gasteiger partial charge in [0.25, 0.3) is 5.91 Å². The second kappa shape index (κ2) is 6.75. The molecule has 3 rings (SSSR count). The smallest absolute Gasteiger partial charge is 0.322 e. The molecule has 3 aromatic rings. The SMILES string of the molecule is Cc1cc(C)cc(-c2nnc(NC(=O)c3cc(Br)ccc3Cl)o2)c1. The average molecular weight is 407 g/mol. The Hall–Kier alpha value is -2.18. The second-order valence-corrected chi connectivity index (χ2v) is 6.69. The second-order valence-electron chi connectivity index (χ2n) is 5.37. The fraction of sp³-hybridized carbons (Fsp3) is 0.118. The van der Waals surface area contributed by atoms with Crippen molar-refractivity contribution in [3.63, 3.8) is 0 Å². The summed E-state index contributed by atoms with van der Waals surface area (Å²) in [6, 6.07) is 11.0. The average Bonchev–Trinajstić information content (AvgIpc) is 2.97. The Kier molecular flexibility index (Phi) is 4.69. The van der Waals surface area contributed by atoms with Crippen LogP contribution in [0, 0.1) is 13.8 Å². The number of carbonyl (C=O) groups is 1. The highest BCUT2D eigenvalue weighted by Crippen LogP contribution is 2.24. The van der Waals surface area contributed by atoms with Gasteiger partial charge in [0, 0.05) is 10.0 Å². The van der Waals surface area contributed by atoms with Crippen molar-refractivity contribution in [2.24, 2.45) is 0 Å². The normalized spacial score (nSPS) is 10.7. The minimum atomic E-state index is -0.420. The molecule has 2 aromatic carbocycles. The number of nitrogens with one attached hydrogen (secondary N) is 1. The van der Waals surface area contributed by atoms with Crippen LogP contribution in [0.15, 0.2) is 45.3 Å². The first kappa shape index (κ1) is 16.7. The molecule has 1 heterocycles. The van der Waals surface area contributed by atoms with E-state index in [1.54, 1.807) is 18.2 Å². The van der Waals surface area contributed by atoms with E-state index in [0.717, 1.165) is 21.2 Å². The van der Waals surface area contributed by atoms with Crippen LogP contribution in [0.5, 0.6) is 0 Å². The van der Waals surface area contributed by atoms with Gasteiger partial charge in [0.2, 0.25) is 5.89 Å². The fourth-order valence-electron chi connectivity index (χ4n) is 2.32. The van der Waals surface area contributed by atoms with E-state index in [1.165, 1.54) is 0 Å². The third-order valence-corrected chi connectivity index (χ3v) is 4.11. The van der Waals surface area contributed by atoms with Crippen LogP contribution >= 0.6 is 27.5 Å². The standard InChI is InChI=1S/C17H13BrClN3O2/c1-9-5-10(2)7-11(6-9)16-21-22-17(24-16)20-15(23)13-8-12(18)3-4-14(13)19/h3-8H,1-2H3,(H,20,22,23). The van der Waals surface area contributed by atoms with Crippen molar-refractivity contribution in [2.45, 2.75) is 13.8 Å². The summed E-state index contributed by atoms with van der Waals surface area (Å²) in [6.07, 6.45) is 0. The molecular weight excluding hydrogens is 394 g/mol. The fourth-order valence-corrected chi connectivity index (χ4v) is 2.89. The summed E-state index contributed by atoms with van der Waals surface area (Å²) < 4.78 is 6.28. The molecule has 0 aliphatic heterocycles. The summed E-state index contributed by atoms with van der Waals surface area (Å²) in [5.41, 5.74) is 3.31. The molecule has 0 aliphatic rings. The molecule has 1 N–H and O–H groups in total. The zero-order valence-corrected chi connectivity index (χ0v) is 15.3. The van der Waals surface area contributed by atoms with Crippen LogP contribution in [-0.4, -0.2) is 16.1 Å². The molecule has 1 aromatic heterocycles. The van der Waals surface area contributed by atoms with Crippen LogP contribution in [0.2, 0.25) is 5.02 Å². The Morgan fingerprint density at radius 1 is 1.12 bits per heavy atom. The van der Waals surface area contributed by atoms with Gasteiger partial charge in [-0.2, -0.15) is 0 Å². The number of amides is 1. The summed E-state index contributed by atoms with van der Waals surface area (Å²) in [4.78, 5) is 12.3. The first-order chi connectivity index (χ1) is 11.4. The topological polar surface area (TPSA) is 68.0 Å². The van der Waals surface area contributed by atoms with Crippen molar-refractivity contribution >= 4 is 39.5 Å². The highest BCUT2D eigenvalue weighted by Gasteiger charge is 2.15. The molecular formula is C17H13BrClN3O2. The summed E-state index contributed by atoms with van der Waals surface area (Å²) in [5.74, 6) is -0.0747. The number of aromatic nitrogens is 2. The molecule has 1 amide bonds. The van der Waals surface area contributed by atoms with Gasteiger partial charge in [-0.1, -0.05) is 49.8 Å². The predicted octanol–water partition coefficient (Wildman–Crippen LogP) is 5.02. The molecule has 0 unspecified atom stereocenters. The number of hydrogen-bond donors (Lipinski definition) is 1. The number of rotatable bonds is 3. The number of aryl methyl sites for hydroxylation is 2. The monoisotopic (exact) mass is 405 g/mol. The van der Waals surface area contributed by atoms with Gasteiger partial charge in [-0.15, -0.1) is 5.10 Å². The van der Waals surface area contributed by atoms with Crippen molar-refractivity contribution in [3.05, 3.63) is 62.6 Å². The van der Waals surface area contributed by atoms with E-state index in [9.17, 15) is 4.79 Å². The molecule has 0 radical (unpaired) electrons. The number of anilines is 1. The lowest BCUT2D eigenvalue weighted by Crippen LogP contribution is -2.12. The number of nitrogens with zero attached hydrogens (tertiary/aromatic N) is 2. The zero-order valence-electron chi connectivity index (χ0n) is 12.9. The summed E-state index contributed by atoms with van der Waals surface area (Å²) >= 11 is 9.35. The van der Waals surface area contributed by atoms with Crippen LogP contribution in [-0.2, 0) is 0 Å². The van der Waals surface area contributed by atoms with E-state index >= 15 is 0 Å². The third-order valence-electron chi connectivity index (χ3n) is 3.29. The molecule has 0 bridgehead atoms. The maximum Gasteiger partial charge on any atom is 0.322 e. The number of carbonyl (C=O) groups excluding carboxylic acids is 1. The number of halogens is 2. The van der Waals surface area contributed by atoms with Crippen LogP contribution in [0.25, 0.3) is 11.5 Å². The van der Waals surface area contributed by atoms with Gasteiger partial charge < -0.3 is 4.42 Å². The van der Waals surface area contributed by atoms with Crippen LogP contribution in [0.1, 0.15) is 21.5 Å². The summed E-state index contributed by atoms with van der Waals surface area (Å²) in [5, 5.41) is 10.7. The Labute approximate surface area is 152 Å². The molecule has 0 fully saturated rings. The molecule has 0 spiro atoms. The minimum absolute atomic E-state index is 0.0187. The molecule has 122 valence electrons. The first-order valence-corrected chi connectivity index (χ1v) is 8.28. The minimum Gasteiger partial charge on any atom is -0.403 e. The lowest BCUT2D eigenvalue weighted by Gasteiger charge is -2.04. The van der Waals surface area contributed by atoms with Crippen LogP contribution in [0.4, 0.5) is 6.01 Å². The van der Waals surface area contributed by atoms with E-state index in [1.807, 2.05) is 26.0 Å². The maximum atomic E-state index is 12.3. The molecule has 0 saturated carbocycles. The highest BCUT2D eigenvalue weighted by molar-refractivity contribution is 9.10. The summed E-state index contributed by atoms with van der Waals surface area (Å²) in [7, 11) is 0. The largest absolute Gasteiger partial charge is 0.403 e. The zero-order chi connectivity index (χ0) is 17.3. The third kappa shape index (κ3) is 3.66. The molecule has 0 saturated heterocycles. The number of benzene rings is 2. The van der Waals surface area contributed by atoms with Crippen LogP contribution in [0.3, 0.4) is 0 Å². The molecule has 0 aliphatic carbocycles. The Balaban J connectivity index is 1.83. The quantitative estimate of drug-likeness (QED) is 0.663. The molecule has 24 heavy (non-hydrogen) atoms. The molecule has 7 heteroatoms. The lowest BCUT2D eigenvalue weighted by molar-refractivity contribution is 0.102. The lowest BCUT2D eigenvalue weighted by atomic mass is 10.1. The van der Waals surface area contributed by atoms with E-state index in [4.69, 9.17) is 16.0 Å². The van der Waals surface area contributed by atoms with Gasteiger partial charge in [-0.05, 0) is 44.2 Å². The molecule has 5 nitrogen and oxygen atoms in total. The van der Waals surface area contributed by atoms with Crippen molar-refractivity contribution < 1.29 is 9.21 Å². The van der Waals surface area contributed by atoms with Gasteiger partial charge in [-0.25, -0.2) is 0 Å². The molecule has 0 atom stereocenters. The summed E-state index contributed by atoms with van der Waals surface area (Å²) in [6.45, 7) is 3.98. The highest BCUT2D eigenvalue weighted by atomic mass is 79.9. The van der Waals surface area contributed by atoms with Gasteiger partial charge in [0.1, 0.15) is 0 Å². The number of hydrogen-bond acceptors (Lipinski definition) is 4.